The van der Waals surface area contributed by atoms with Gasteiger partial charge in [0.1, 0.15) is 0 Å². The fraction of sp³-hybridized carbons (Fsp3) is 0.296. The quantitative estimate of drug-likeness (QED) is 0.612. The lowest BCUT2D eigenvalue weighted by atomic mass is 9.89. The second-order valence-electron chi connectivity index (χ2n) is 8.32. The number of aryl methyl sites for hydroxylation is 2. The van der Waals surface area contributed by atoms with Crippen LogP contribution in [0.15, 0.2) is 78.9 Å². The minimum atomic E-state index is -0.240. The van der Waals surface area contributed by atoms with Crippen LogP contribution in [0, 0.1) is 13.8 Å². The maximum atomic E-state index is 13.6. The molecule has 0 saturated carbocycles. The lowest BCUT2D eigenvalue weighted by molar-refractivity contribution is -0.132. The standard InChI is InChI=1S/C27H30N2O/c1-20-13-14-21(2)25(19-20)28-24-15-17-29(18-16-24)27(30)26(22-9-5-3-6-10-22)23-11-7-4-8-12-23/h3-14,19,24,26,28H,15-18H2,1-2H3. The van der Waals surface area contributed by atoms with E-state index in [1.54, 1.807) is 0 Å². The van der Waals surface area contributed by atoms with Crippen molar-refractivity contribution in [3.05, 3.63) is 101 Å². The Kier molecular flexibility index (Phi) is 6.18. The number of amides is 1. The maximum absolute atomic E-state index is 13.6. The third kappa shape index (κ3) is 4.56. The lowest BCUT2D eigenvalue weighted by Crippen LogP contribution is -2.44. The molecule has 1 heterocycles. The fourth-order valence-electron chi connectivity index (χ4n) is 4.31. The molecule has 1 aliphatic rings. The molecule has 3 aromatic carbocycles. The Balaban J connectivity index is 1.46. The van der Waals surface area contributed by atoms with Gasteiger partial charge in [-0.25, -0.2) is 0 Å². The van der Waals surface area contributed by atoms with Crippen molar-refractivity contribution in [3.63, 3.8) is 0 Å². The van der Waals surface area contributed by atoms with Gasteiger partial charge in [0.25, 0.3) is 0 Å². The van der Waals surface area contributed by atoms with Crippen LogP contribution >= 0.6 is 0 Å². The molecule has 0 radical (unpaired) electrons. The molecule has 30 heavy (non-hydrogen) atoms. The first-order chi connectivity index (χ1) is 14.6. The van der Waals surface area contributed by atoms with Gasteiger partial charge in [0.2, 0.25) is 5.91 Å². The monoisotopic (exact) mass is 398 g/mol. The molecule has 4 rings (SSSR count). The van der Waals surface area contributed by atoms with Crippen LogP contribution in [0.2, 0.25) is 0 Å². The molecule has 1 N–H and O–H groups in total. The number of nitrogens with one attached hydrogen (secondary N) is 1. The second kappa shape index (κ2) is 9.17. The summed E-state index contributed by atoms with van der Waals surface area (Å²) in [4.78, 5) is 15.6. The predicted molar refractivity (Wildman–Crippen MR) is 124 cm³/mol. The van der Waals surface area contributed by atoms with E-state index in [1.165, 1.54) is 16.8 Å². The van der Waals surface area contributed by atoms with Crippen molar-refractivity contribution in [2.75, 3.05) is 18.4 Å². The highest BCUT2D eigenvalue weighted by atomic mass is 16.2. The molecule has 1 saturated heterocycles. The van der Waals surface area contributed by atoms with E-state index in [9.17, 15) is 4.79 Å². The topological polar surface area (TPSA) is 32.3 Å². The summed E-state index contributed by atoms with van der Waals surface area (Å²) in [6.45, 7) is 5.85. The molecule has 0 unspecified atom stereocenters. The molecule has 0 atom stereocenters. The number of rotatable bonds is 5. The summed E-state index contributed by atoms with van der Waals surface area (Å²) in [6, 6.07) is 27.2. The van der Waals surface area contributed by atoms with E-state index in [4.69, 9.17) is 0 Å². The number of carbonyl (C=O) groups is 1. The molecule has 0 spiro atoms. The molecule has 0 aromatic heterocycles. The number of anilines is 1. The third-order valence-corrected chi connectivity index (χ3v) is 6.07. The summed E-state index contributed by atoms with van der Waals surface area (Å²) < 4.78 is 0. The first kappa shape index (κ1) is 20.2. The molecule has 154 valence electrons. The summed E-state index contributed by atoms with van der Waals surface area (Å²) >= 11 is 0. The van der Waals surface area contributed by atoms with Gasteiger partial charge in [-0.2, -0.15) is 0 Å². The number of benzene rings is 3. The SMILES string of the molecule is Cc1ccc(C)c(NC2CCN(C(=O)C(c3ccccc3)c3ccccc3)CC2)c1. The van der Waals surface area contributed by atoms with E-state index in [0.717, 1.165) is 37.1 Å². The molecule has 3 nitrogen and oxygen atoms in total. The van der Waals surface area contributed by atoms with Gasteiger partial charge in [-0.05, 0) is 55.0 Å². The van der Waals surface area contributed by atoms with Gasteiger partial charge in [0.05, 0.1) is 5.92 Å². The van der Waals surface area contributed by atoms with Crippen LogP contribution in [0.3, 0.4) is 0 Å². The van der Waals surface area contributed by atoms with Crippen molar-refractivity contribution < 1.29 is 4.79 Å². The lowest BCUT2D eigenvalue weighted by Gasteiger charge is -2.35. The predicted octanol–water partition coefficient (Wildman–Crippen LogP) is 5.54. The summed E-state index contributed by atoms with van der Waals surface area (Å²) in [5, 5.41) is 3.70. The molecule has 0 aliphatic carbocycles. The van der Waals surface area contributed by atoms with Crippen LogP contribution in [0.1, 0.15) is 41.0 Å². The van der Waals surface area contributed by atoms with Crippen molar-refractivity contribution in [3.8, 4) is 0 Å². The van der Waals surface area contributed by atoms with E-state index < -0.39 is 0 Å². The minimum Gasteiger partial charge on any atom is -0.382 e. The average Bonchev–Trinajstić information content (AvgIpc) is 2.78. The Morgan fingerprint density at radius 1 is 0.867 bits per heavy atom. The average molecular weight is 399 g/mol. The van der Waals surface area contributed by atoms with Gasteiger partial charge in [0.15, 0.2) is 0 Å². The van der Waals surface area contributed by atoms with Crippen molar-refractivity contribution >= 4 is 11.6 Å². The summed E-state index contributed by atoms with van der Waals surface area (Å²) in [5.41, 5.74) is 5.87. The highest BCUT2D eigenvalue weighted by Crippen LogP contribution is 2.29. The molecular formula is C27H30N2O. The smallest absolute Gasteiger partial charge is 0.234 e. The van der Waals surface area contributed by atoms with E-state index in [-0.39, 0.29) is 11.8 Å². The van der Waals surface area contributed by atoms with Crippen molar-refractivity contribution in [2.45, 2.75) is 38.6 Å². The van der Waals surface area contributed by atoms with Gasteiger partial charge in [0, 0.05) is 24.8 Å². The Hall–Kier alpha value is -3.07. The zero-order valence-electron chi connectivity index (χ0n) is 17.8. The van der Waals surface area contributed by atoms with E-state index >= 15 is 0 Å². The zero-order chi connectivity index (χ0) is 20.9. The summed E-state index contributed by atoms with van der Waals surface area (Å²) in [7, 11) is 0. The number of likely N-dealkylation sites (tertiary alicyclic amines) is 1. The summed E-state index contributed by atoms with van der Waals surface area (Å²) in [6.07, 6.45) is 1.94. The van der Waals surface area contributed by atoms with Crippen LogP contribution < -0.4 is 5.32 Å². The second-order valence-corrected chi connectivity index (χ2v) is 8.32. The number of piperidine rings is 1. The van der Waals surface area contributed by atoms with Crippen molar-refractivity contribution in [1.82, 2.24) is 4.90 Å². The van der Waals surface area contributed by atoms with Gasteiger partial charge < -0.3 is 10.2 Å². The summed E-state index contributed by atoms with van der Waals surface area (Å²) in [5.74, 6) is -0.0338. The molecular weight excluding hydrogens is 368 g/mol. The van der Waals surface area contributed by atoms with Crippen molar-refractivity contribution in [1.29, 1.82) is 0 Å². The van der Waals surface area contributed by atoms with Gasteiger partial charge in [-0.3, -0.25) is 4.79 Å². The fourth-order valence-corrected chi connectivity index (χ4v) is 4.31. The molecule has 3 heteroatoms. The Morgan fingerprint density at radius 2 is 1.43 bits per heavy atom. The van der Waals surface area contributed by atoms with Crippen LogP contribution in [-0.4, -0.2) is 29.9 Å². The zero-order valence-corrected chi connectivity index (χ0v) is 17.8. The molecule has 1 amide bonds. The first-order valence-corrected chi connectivity index (χ1v) is 10.8. The maximum Gasteiger partial charge on any atom is 0.234 e. The number of hydrogen-bond donors (Lipinski definition) is 1. The van der Waals surface area contributed by atoms with Gasteiger partial charge in [-0.1, -0.05) is 72.8 Å². The number of carbonyl (C=O) groups excluding carboxylic acids is 1. The largest absolute Gasteiger partial charge is 0.382 e. The molecule has 1 fully saturated rings. The van der Waals surface area contributed by atoms with Crippen LogP contribution in [0.4, 0.5) is 5.69 Å². The normalized spacial score (nSPS) is 14.7. The van der Waals surface area contributed by atoms with E-state index in [0.29, 0.717) is 6.04 Å². The third-order valence-electron chi connectivity index (χ3n) is 6.07. The highest BCUT2D eigenvalue weighted by molar-refractivity contribution is 5.87. The number of hydrogen-bond acceptors (Lipinski definition) is 2. The van der Waals surface area contributed by atoms with E-state index in [1.807, 2.05) is 41.3 Å². The molecule has 1 aliphatic heterocycles. The van der Waals surface area contributed by atoms with E-state index in [2.05, 4.69) is 61.6 Å². The number of nitrogens with zero attached hydrogens (tertiary/aromatic N) is 1. The Morgan fingerprint density at radius 3 is 2.00 bits per heavy atom. The van der Waals surface area contributed by atoms with Crippen molar-refractivity contribution in [2.24, 2.45) is 0 Å². The molecule has 3 aromatic rings. The Bertz CT molecular complexity index is 937. The van der Waals surface area contributed by atoms with Gasteiger partial charge >= 0.3 is 0 Å². The van der Waals surface area contributed by atoms with Crippen LogP contribution in [0.5, 0.6) is 0 Å². The van der Waals surface area contributed by atoms with Gasteiger partial charge in [-0.15, -0.1) is 0 Å². The highest BCUT2D eigenvalue weighted by Gasteiger charge is 2.30. The van der Waals surface area contributed by atoms with Crippen LogP contribution in [0.25, 0.3) is 0 Å². The molecule has 0 bridgehead atoms. The Labute approximate surface area is 179 Å². The minimum absolute atomic E-state index is 0.206. The van der Waals surface area contributed by atoms with Crippen LogP contribution in [-0.2, 0) is 4.79 Å². The first-order valence-electron chi connectivity index (χ1n) is 10.8.